The third-order valence-electron chi connectivity index (χ3n) is 2.55. The zero-order chi connectivity index (χ0) is 13.0. The van der Waals surface area contributed by atoms with Gasteiger partial charge in [0.1, 0.15) is 5.76 Å². The highest BCUT2D eigenvalue weighted by Crippen LogP contribution is 2.09. The number of hydrogen-bond acceptors (Lipinski definition) is 5. The Hall–Kier alpha value is -1.47. The first kappa shape index (κ1) is 13.0. The Bertz CT molecular complexity index is 440. The van der Waals surface area contributed by atoms with Crippen LogP contribution in [0.1, 0.15) is 16.3 Å². The number of carboxylic acid groups (broad SMARTS) is 1. The van der Waals surface area contributed by atoms with Crippen LogP contribution >= 0.6 is 11.8 Å². The van der Waals surface area contributed by atoms with Crippen LogP contribution in [0.5, 0.6) is 0 Å². The van der Waals surface area contributed by atoms with Gasteiger partial charge in [0.05, 0.1) is 12.6 Å². The van der Waals surface area contributed by atoms with Crippen molar-refractivity contribution in [2.45, 2.75) is 12.6 Å². The lowest BCUT2D eigenvalue weighted by Crippen LogP contribution is -2.48. The maximum atomic E-state index is 11.8. The standard InChI is InChI=1S/C11H14N2O4S/c14-10(8-6-18-4-3-12-8)13-5-7-1-2-9(17-7)11(15)16/h1-2,8,12H,3-6H2,(H,13,14)(H,15,16). The van der Waals surface area contributed by atoms with Crippen molar-refractivity contribution in [2.75, 3.05) is 18.1 Å². The minimum Gasteiger partial charge on any atom is -0.475 e. The first-order valence-electron chi connectivity index (χ1n) is 5.57. The first-order valence-corrected chi connectivity index (χ1v) is 6.73. The topological polar surface area (TPSA) is 91.6 Å². The van der Waals surface area contributed by atoms with E-state index in [4.69, 9.17) is 9.52 Å². The van der Waals surface area contributed by atoms with Crippen LogP contribution in [0.4, 0.5) is 0 Å². The van der Waals surface area contributed by atoms with Gasteiger partial charge in [-0.25, -0.2) is 4.79 Å². The molecule has 0 spiro atoms. The molecule has 0 radical (unpaired) electrons. The lowest BCUT2D eigenvalue weighted by molar-refractivity contribution is -0.122. The van der Waals surface area contributed by atoms with Crippen molar-refractivity contribution < 1.29 is 19.1 Å². The first-order chi connectivity index (χ1) is 8.66. The number of thioether (sulfide) groups is 1. The summed E-state index contributed by atoms with van der Waals surface area (Å²) >= 11 is 1.74. The summed E-state index contributed by atoms with van der Waals surface area (Å²) in [5.74, 6) is 0.886. The molecule has 7 heteroatoms. The van der Waals surface area contributed by atoms with Crippen LogP contribution in [0, 0.1) is 0 Å². The number of aromatic carboxylic acids is 1. The van der Waals surface area contributed by atoms with Gasteiger partial charge in [-0.3, -0.25) is 4.79 Å². The van der Waals surface area contributed by atoms with Crippen molar-refractivity contribution in [3.8, 4) is 0 Å². The van der Waals surface area contributed by atoms with Crippen LogP contribution in [-0.4, -0.2) is 41.1 Å². The summed E-state index contributed by atoms with van der Waals surface area (Å²) in [6.07, 6.45) is 0. The molecule has 0 aromatic carbocycles. The van der Waals surface area contributed by atoms with Crippen LogP contribution in [0.15, 0.2) is 16.5 Å². The van der Waals surface area contributed by atoms with Gasteiger partial charge in [0.25, 0.3) is 0 Å². The molecule has 1 amide bonds. The molecule has 2 heterocycles. The monoisotopic (exact) mass is 270 g/mol. The van der Waals surface area contributed by atoms with Crippen molar-refractivity contribution in [3.63, 3.8) is 0 Å². The summed E-state index contributed by atoms with van der Waals surface area (Å²) in [6, 6.07) is 2.74. The quantitative estimate of drug-likeness (QED) is 0.729. The molecular formula is C11H14N2O4S. The summed E-state index contributed by atoms with van der Waals surface area (Å²) < 4.78 is 5.04. The molecule has 18 heavy (non-hydrogen) atoms. The Morgan fingerprint density at radius 3 is 3.00 bits per heavy atom. The predicted octanol–water partition coefficient (Wildman–Crippen LogP) is 0.299. The molecule has 98 valence electrons. The van der Waals surface area contributed by atoms with Crippen molar-refractivity contribution >= 4 is 23.6 Å². The van der Waals surface area contributed by atoms with E-state index in [9.17, 15) is 9.59 Å². The number of furan rings is 1. The third kappa shape index (κ3) is 3.27. The second-order valence-corrected chi connectivity index (χ2v) is 5.02. The molecule has 3 N–H and O–H groups in total. The zero-order valence-corrected chi connectivity index (χ0v) is 10.5. The van der Waals surface area contributed by atoms with Gasteiger partial charge in [-0.15, -0.1) is 0 Å². The molecule has 1 unspecified atom stereocenters. The van der Waals surface area contributed by atoms with E-state index in [0.29, 0.717) is 5.76 Å². The molecule has 2 rings (SSSR count). The molecule has 0 aliphatic carbocycles. The van der Waals surface area contributed by atoms with E-state index in [2.05, 4.69) is 10.6 Å². The Morgan fingerprint density at radius 1 is 1.56 bits per heavy atom. The molecule has 6 nitrogen and oxygen atoms in total. The Labute approximate surface area is 108 Å². The number of nitrogens with one attached hydrogen (secondary N) is 2. The fraction of sp³-hybridized carbons (Fsp3) is 0.455. The fourth-order valence-electron chi connectivity index (χ4n) is 1.62. The zero-order valence-electron chi connectivity index (χ0n) is 9.64. The van der Waals surface area contributed by atoms with E-state index in [-0.39, 0.29) is 24.3 Å². The number of carbonyl (C=O) groups is 2. The SMILES string of the molecule is O=C(O)c1ccc(CNC(=O)C2CSCCN2)o1. The van der Waals surface area contributed by atoms with Gasteiger partial charge in [0.2, 0.25) is 11.7 Å². The molecular weight excluding hydrogens is 256 g/mol. The van der Waals surface area contributed by atoms with Crippen molar-refractivity contribution in [2.24, 2.45) is 0 Å². The van der Waals surface area contributed by atoms with Crippen molar-refractivity contribution in [1.29, 1.82) is 0 Å². The Morgan fingerprint density at radius 2 is 2.39 bits per heavy atom. The average Bonchev–Trinajstić information content (AvgIpc) is 2.86. The molecule has 0 bridgehead atoms. The number of carbonyl (C=O) groups excluding carboxylic acids is 1. The molecule has 1 atom stereocenters. The molecule has 1 saturated heterocycles. The van der Waals surface area contributed by atoms with E-state index in [1.165, 1.54) is 6.07 Å². The molecule has 1 aromatic heterocycles. The number of amides is 1. The van der Waals surface area contributed by atoms with E-state index in [0.717, 1.165) is 18.1 Å². The third-order valence-corrected chi connectivity index (χ3v) is 3.61. The second kappa shape index (κ2) is 5.92. The molecule has 1 aromatic rings. The molecule has 1 aliphatic heterocycles. The van der Waals surface area contributed by atoms with Gasteiger partial charge in [-0.1, -0.05) is 0 Å². The van der Waals surface area contributed by atoms with Crippen LogP contribution in [0.2, 0.25) is 0 Å². The summed E-state index contributed by atoms with van der Waals surface area (Å²) in [7, 11) is 0. The summed E-state index contributed by atoms with van der Waals surface area (Å²) in [6.45, 7) is 1.03. The van der Waals surface area contributed by atoms with E-state index in [1.807, 2.05) is 0 Å². The normalized spacial score (nSPS) is 19.4. The van der Waals surface area contributed by atoms with Gasteiger partial charge >= 0.3 is 5.97 Å². The minimum atomic E-state index is -1.11. The van der Waals surface area contributed by atoms with Gasteiger partial charge in [-0.05, 0) is 12.1 Å². The minimum absolute atomic E-state index is 0.0875. The van der Waals surface area contributed by atoms with Crippen LogP contribution in [0.25, 0.3) is 0 Å². The van der Waals surface area contributed by atoms with Gasteiger partial charge < -0.3 is 20.2 Å². The van der Waals surface area contributed by atoms with Crippen LogP contribution in [0.3, 0.4) is 0 Å². The summed E-state index contributed by atoms with van der Waals surface area (Å²) in [4.78, 5) is 22.4. The lowest BCUT2D eigenvalue weighted by atomic mass is 10.3. The average molecular weight is 270 g/mol. The van der Waals surface area contributed by atoms with Crippen LogP contribution in [-0.2, 0) is 11.3 Å². The smallest absolute Gasteiger partial charge is 0.371 e. The van der Waals surface area contributed by atoms with Crippen molar-refractivity contribution in [1.82, 2.24) is 10.6 Å². The summed E-state index contributed by atoms with van der Waals surface area (Å²) in [5, 5.41) is 14.5. The summed E-state index contributed by atoms with van der Waals surface area (Å²) in [5.41, 5.74) is 0. The van der Waals surface area contributed by atoms with Crippen molar-refractivity contribution in [3.05, 3.63) is 23.7 Å². The lowest BCUT2D eigenvalue weighted by Gasteiger charge is -2.21. The number of rotatable bonds is 4. The van der Waals surface area contributed by atoms with E-state index < -0.39 is 5.97 Å². The van der Waals surface area contributed by atoms with E-state index in [1.54, 1.807) is 17.8 Å². The maximum Gasteiger partial charge on any atom is 0.371 e. The highest BCUT2D eigenvalue weighted by molar-refractivity contribution is 7.99. The molecule has 1 fully saturated rings. The highest BCUT2D eigenvalue weighted by Gasteiger charge is 2.20. The van der Waals surface area contributed by atoms with Gasteiger partial charge in [0, 0.05) is 18.1 Å². The van der Waals surface area contributed by atoms with Gasteiger partial charge in [-0.2, -0.15) is 11.8 Å². The number of carboxylic acids is 1. The Kier molecular flexibility index (Phi) is 4.27. The highest BCUT2D eigenvalue weighted by atomic mass is 32.2. The van der Waals surface area contributed by atoms with Gasteiger partial charge in [0.15, 0.2) is 0 Å². The number of hydrogen-bond donors (Lipinski definition) is 3. The Balaban J connectivity index is 1.82. The molecule has 1 aliphatic rings. The second-order valence-electron chi connectivity index (χ2n) is 3.87. The fourth-order valence-corrected chi connectivity index (χ4v) is 2.55. The molecule has 0 saturated carbocycles. The maximum absolute atomic E-state index is 11.8. The predicted molar refractivity (Wildman–Crippen MR) is 66.6 cm³/mol. The van der Waals surface area contributed by atoms with Crippen LogP contribution < -0.4 is 10.6 Å². The largest absolute Gasteiger partial charge is 0.475 e. The van der Waals surface area contributed by atoms with E-state index >= 15 is 0 Å².